The molecular weight excluding hydrogens is 559 g/mol. The van der Waals surface area contributed by atoms with Crippen LogP contribution < -0.4 is 43.7 Å². The molecule has 16 radical (unpaired) electrons. The molecule has 0 atom stereocenters. The third kappa shape index (κ3) is 4.36. The van der Waals surface area contributed by atoms with Crippen molar-refractivity contribution in [2.24, 2.45) is 0 Å². The summed E-state index contributed by atoms with van der Waals surface area (Å²) in [7, 11) is 53.9. The molecule has 0 spiro atoms. The average molecular weight is 575 g/mol. The summed E-state index contributed by atoms with van der Waals surface area (Å²) >= 11 is 0. The van der Waals surface area contributed by atoms with E-state index in [2.05, 4.69) is 6.07 Å². The van der Waals surface area contributed by atoms with Crippen LogP contribution in [0.5, 0.6) is 0 Å². The second kappa shape index (κ2) is 11.0. The first-order chi connectivity index (χ1) is 22.7. The van der Waals surface area contributed by atoms with Crippen molar-refractivity contribution in [1.82, 2.24) is 0 Å². The second-order valence-electron chi connectivity index (χ2n) is 11.8. The first-order valence-electron chi connectivity index (χ1n) is 15.0. The van der Waals surface area contributed by atoms with Crippen LogP contribution in [0.3, 0.4) is 0 Å². The lowest BCUT2D eigenvalue weighted by Gasteiger charge is -2.28. The number of hydrogen-bond donors (Lipinski definition) is 0. The Hall–Kier alpha value is -4.62. The molecule has 7 aromatic carbocycles. The summed E-state index contributed by atoms with van der Waals surface area (Å²) in [6, 6.07) is 31.9. The molecule has 0 N–H and O–H groups in total. The molecule has 198 valence electrons. The number of hydrogen-bond acceptors (Lipinski definition) is 1. The second-order valence-corrected chi connectivity index (χ2v) is 11.8. The highest BCUT2D eigenvalue weighted by atomic mass is 16.3. The van der Waals surface area contributed by atoms with Crippen molar-refractivity contribution in [1.29, 1.82) is 0 Å². The van der Waals surface area contributed by atoms with Gasteiger partial charge in [0.25, 0.3) is 0 Å². The zero-order chi connectivity index (χ0) is 32.7. The van der Waals surface area contributed by atoms with Crippen molar-refractivity contribution >= 4 is 150 Å². The summed E-state index contributed by atoms with van der Waals surface area (Å²) in [5, 5.41) is 4.17. The van der Waals surface area contributed by atoms with Crippen molar-refractivity contribution in [3.63, 3.8) is 0 Å². The van der Waals surface area contributed by atoms with Crippen molar-refractivity contribution in [2.75, 3.05) is 0 Å². The van der Waals surface area contributed by atoms with E-state index in [0.29, 0.717) is 32.7 Å². The largest absolute Gasteiger partial charge is 0.456 e. The van der Waals surface area contributed by atoms with Crippen molar-refractivity contribution in [2.45, 2.75) is 0 Å². The number of furan rings is 1. The van der Waals surface area contributed by atoms with Gasteiger partial charge in [0.05, 0.1) is 0 Å². The Labute approximate surface area is 283 Å². The Morgan fingerprint density at radius 3 is 1.34 bits per heavy atom. The van der Waals surface area contributed by atoms with Crippen LogP contribution in [0.2, 0.25) is 0 Å². The predicted molar refractivity (Wildman–Crippen MR) is 208 cm³/mol. The van der Waals surface area contributed by atoms with E-state index in [4.69, 9.17) is 67.2 Å². The third-order valence-electron chi connectivity index (χ3n) is 9.24. The standard InChI is InChI=1S/C38H16B8O/c39-31-27-25(19-10-6-9-18(15-19)17-7-2-1-3-8-17)28-30(34(42)38(46)36(44)32(28)40)26(29(27)33(41)37(45)35(31)43)20-13-14-24-22(16-20)21-11-4-5-12-23(21)47-24/h1-16H. The van der Waals surface area contributed by atoms with Gasteiger partial charge in [0.2, 0.25) is 0 Å². The van der Waals surface area contributed by atoms with Crippen molar-refractivity contribution < 1.29 is 4.42 Å². The summed E-state index contributed by atoms with van der Waals surface area (Å²) in [5.41, 5.74) is 8.13. The maximum Gasteiger partial charge on any atom is 0.135 e. The normalized spacial score (nSPS) is 11.7. The van der Waals surface area contributed by atoms with Gasteiger partial charge in [-0.05, 0) is 79.2 Å². The molecule has 8 rings (SSSR count). The molecule has 1 nitrogen and oxygen atoms in total. The van der Waals surface area contributed by atoms with E-state index in [1.54, 1.807) is 0 Å². The van der Waals surface area contributed by atoms with E-state index in [0.717, 1.165) is 44.2 Å². The molecule has 9 heteroatoms. The zero-order valence-corrected chi connectivity index (χ0v) is 25.3. The van der Waals surface area contributed by atoms with Crippen LogP contribution in [0.25, 0.3) is 76.9 Å². The Morgan fingerprint density at radius 1 is 0.319 bits per heavy atom. The van der Waals surface area contributed by atoms with E-state index in [9.17, 15) is 0 Å². The number of fused-ring (bicyclic) bond motifs is 5. The average Bonchev–Trinajstić information content (AvgIpc) is 3.48. The minimum atomic E-state index is 0.171. The van der Waals surface area contributed by atoms with E-state index in [-0.39, 0.29) is 43.7 Å². The van der Waals surface area contributed by atoms with E-state index >= 15 is 0 Å². The fourth-order valence-electron chi connectivity index (χ4n) is 6.89. The van der Waals surface area contributed by atoms with Crippen molar-refractivity contribution in [3.05, 3.63) is 97.1 Å². The molecule has 0 fully saturated rings. The van der Waals surface area contributed by atoms with Gasteiger partial charge in [0, 0.05) is 10.8 Å². The van der Waals surface area contributed by atoms with Crippen molar-refractivity contribution in [3.8, 4) is 33.4 Å². The van der Waals surface area contributed by atoms with Gasteiger partial charge in [-0.2, -0.15) is 0 Å². The maximum absolute atomic E-state index is 6.92. The first kappa shape index (κ1) is 29.8. The van der Waals surface area contributed by atoms with Crippen LogP contribution >= 0.6 is 0 Å². The Balaban J connectivity index is 1.62. The van der Waals surface area contributed by atoms with Crippen LogP contribution in [0.4, 0.5) is 0 Å². The fraction of sp³-hybridized carbons (Fsp3) is 0. The highest BCUT2D eigenvalue weighted by Crippen LogP contribution is 2.42. The highest BCUT2D eigenvalue weighted by molar-refractivity contribution is 6.71. The Kier molecular flexibility index (Phi) is 6.95. The van der Waals surface area contributed by atoms with Crippen LogP contribution in [0.15, 0.2) is 101 Å². The monoisotopic (exact) mass is 576 g/mol. The SMILES string of the molecule is [B]c1c([B])c([B])c2c(-c3ccc4oc5ccccc5c4c3)c3c([B])c([B])c([B])c([B])c3c(-c3cccc(-c4ccccc4)c3)c2c1[B]. The van der Waals surface area contributed by atoms with Crippen LogP contribution in [-0.2, 0) is 0 Å². The molecule has 0 aliphatic rings. The molecule has 0 amide bonds. The van der Waals surface area contributed by atoms with Gasteiger partial charge in [-0.15, -0.1) is 21.9 Å². The Morgan fingerprint density at radius 2 is 0.766 bits per heavy atom. The summed E-state index contributed by atoms with van der Waals surface area (Å²) < 4.78 is 6.14. The molecule has 8 aromatic rings. The fourth-order valence-corrected chi connectivity index (χ4v) is 6.89. The lowest BCUT2D eigenvalue weighted by Crippen LogP contribution is -2.50. The van der Waals surface area contributed by atoms with Gasteiger partial charge in [-0.25, -0.2) is 0 Å². The zero-order valence-electron chi connectivity index (χ0n) is 25.3. The molecule has 0 unspecified atom stereocenters. The van der Waals surface area contributed by atoms with Gasteiger partial charge < -0.3 is 4.42 Å². The van der Waals surface area contributed by atoms with Crippen LogP contribution in [0.1, 0.15) is 0 Å². The van der Waals surface area contributed by atoms with Crippen LogP contribution in [0, 0.1) is 0 Å². The topological polar surface area (TPSA) is 13.1 Å². The summed E-state index contributed by atoms with van der Waals surface area (Å²) in [6.45, 7) is 0. The maximum atomic E-state index is 6.92. The van der Waals surface area contributed by atoms with Gasteiger partial charge in [-0.3, -0.25) is 0 Å². The first-order valence-corrected chi connectivity index (χ1v) is 15.0. The van der Waals surface area contributed by atoms with Crippen LogP contribution in [-0.4, -0.2) is 62.8 Å². The quantitative estimate of drug-likeness (QED) is 0.229. The Bertz CT molecular complexity index is 2530. The van der Waals surface area contributed by atoms with Gasteiger partial charge in [0.15, 0.2) is 0 Å². The highest BCUT2D eigenvalue weighted by Gasteiger charge is 2.25. The molecule has 0 aliphatic carbocycles. The summed E-state index contributed by atoms with van der Waals surface area (Å²) in [6.07, 6.45) is 0. The third-order valence-corrected chi connectivity index (χ3v) is 9.24. The van der Waals surface area contributed by atoms with E-state index < -0.39 is 0 Å². The molecule has 0 saturated heterocycles. The van der Waals surface area contributed by atoms with E-state index in [1.807, 2.05) is 91.0 Å². The predicted octanol–water partition coefficient (Wildman–Crippen LogP) is 1.24. The van der Waals surface area contributed by atoms with Gasteiger partial charge in [-0.1, -0.05) is 94.6 Å². The molecule has 0 saturated carbocycles. The van der Waals surface area contributed by atoms with Gasteiger partial charge in [0.1, 0.15) is 73.9 Å². The minimum Gasteiger partial charge on any atom is -0.456 e. The molecule has 0 bridgehead atoms. The minimum absolute atomic E-state index is 0.171. The smallest absolute Gasteiger partial charge is 0.135 e. The van der Waals surface area contributed by atoms with E-state index in [1.165, 1.54) is 0 Å². The molecule has 1 heterocycles. The number of rotatable bonds is 3. The molecular formula is C38H16B8O. The lowest BCUT2D eigenvalue weighted by molar-refractivity contribution is 0.669. The molecule has 1 aromatic heterocycles. The number of para-hydroxylation sites is 1. The summed E-state index contributed by atoms with van der Waals surface area (Å²) in [5.74, 6) is 0. The summed E-state index contributed by atoms with van der Waals surface area (Å²) in [4.78, 5) is 0. The number of benzene rings is 7. The lowest BCUT2D eigenvalue weighted by atomic mass is 9.59. The molecule has 0 aliphatic heterocycles. The molecule has 47 heavy (non-hydrogen) atoms. The van der Waals surface area contributed by atoms with Gasteiger partial charge >= 0.3 is 0 Å².